The van der Waals surface area contributed by atoms with Crippen LogP contribution in [0.4, 0.5) is 35.3 Å². The van der Waals surface area contributed by atoms with E-state index in [0.717, 1.165) is 12.5 Å². The van der Waals surface area contributed by atoms with E-state index in [4.69, 9.17) is 4.74 Å². The van der Waals surface area contributed by atoms with E-state index in [1.807, 2.05) is 32.6 Å². The molecule has 1 amide bonds. The molecule has 184 valence electrons. The van der Waals surface area contributed by atoms with Crippen LogP contribution in [-0.4, -0.2) is 57.2 Å². The first kappa shape index (κ1) is 23.8. The molecule has 0 saturated carbocycles. The Morgan fingerprint density at radius 3 is 2.62 bits per heavy atom. The van der Waals surface area contributed by atoms with Crippen LogP contribution in [0.1, 0.15) is 51.5 Å². The predicted octanol–water partition coefficient (Wildman–Crippen LogP) is 4.26. The highest BCUT2D eigenvalue weighted by molar-refractivity contribution is 5.83. The maximum absolute atomic E-state index is 12.9. The third-order valence-electron chi connectivity index (χ3n) is 5.61. The van der Waals surface area contributed by atoms with Crippen molar-refractivity contribution in [1.82, 2.24) is 19.9 Å². The number of amides is 1. The molecule has 0 bridgehead atoms. The van der Waals surface area contributed by atoms with E-state index in [-0.39, 0.29) is 12.1 Å². The summed E-state index contributed by atoms with van der Waals surface area (Å²) in [6.45, 7) is 9.02. The van der Waals surface area contributed by atoms with Crippen LogP contribution >= 0.6 is 0 Å². The van der Waals surface area contributed by atoms with Crippen LogP contribution in [0.3, 0.4) is 0 Å². The highest BCUT2D eigenvalue weighted by atomic mass is 19.4. The molecule has 2 aromatic rings. The van der Waals surface area contributed by atoms with Gasteiger partial charge in [-0.15, -0.1) is 0 Å². The first-order chi connectivity index (χ1) is 16.0. The number of nitrogens with one attached hydrogen (secondary N) is 2. The van der Waals surface area contributed by atoms with Gasteiger partial charge in [0.05, 0.1) is 0 Å². The number of carbonyl (C=O) groups excluding carboxylic acids is 1. The predicted molar refractivity (Wildman–Crippen MR) is 120 cm³/mol. The summed E-state index contributed by atoms with van der Waals surface area (Å²) < 4.78 is 44.2. The maximum Gasteiger partial charge on any atom is 0.433 e. The smallest absolute Gasteiger partial charge is 0.433 e. The zero-order chi connectivity index (χ0) is 24.7. The summed E-state index contributed by atoms with van der Waals surface area (Å²) in [6, 6.07) is 2.36. The molecular weight excluding hydrogens is 451 g/mol. The highest BCUT2D eigenvalue weighted by Crippen LogP contribution is 2.43. The summed E-state index contributed by atoms with van der Waals surface area (Å²) in [6.07, 6.45) is -1.89. The van der Waals surface area contributed by atoms with Gasteiger partial charge >= 0.3 is 12.3 Å². The number of alkyl halides is 3. The van der Waals surface area contributed by atoms with Crippen molar-refractivity contribution in [3.63, 3.8) is 0 Å². The molecule has 2 unspecified atom stereocenters. The Labute approximate surface area is 195 Å². The molecule has 34 heavy (non-hydrogen) atoms. The normalized spacial score (nSPS) is 20.2. The number of hydrogen-bond acceptors (Lipinski definition) is 8. The molecule has 0 radical (unpaired) electrons. The second-order valence-electron chi connectivity index (χ2n) is 9.28. The number of rotatable bonds is 4. The topological polar surface area (TPSA) is 95.5 Å². The van der Waals surface area contributed by atoms with Gasteiger partial charge in [-0.05, 0) is 40.2 Å². The first-order valence-electron chi connectivity index (χ1n) is 11.1. The lowest BCUT2D eigenvalue weighted by atomic mass is 10.2. The molecule has 2 aliphatic rings. The molecular formula is C22H28F3N7O2. The average Bonchev–Trinajstić information content (AvgIpc) is 3.37. The van der Waals surface area contributed by atoms with Gasteiger partial charge < -0.3 is 25.2 Å². The number of fused-ring (bicyclic) bond motifs is 1. The van der Waals surface area contributed by atoms with E-state index in [1.54, 1.807) is 4.90 Å². The zero-order valence-electron chi connectivity index (χ0n) is 19.5. The fraction of sp³-hybridized carbons (Fsp3) is 0.545. The number of pyridine rings is 1. The summed E-state index contributed by atoms with van der Waals surface area (Å²) in [5.41, 5.74) is -0.264. The number of ether oxygens (including phenoxy) is 1. The van der Waals surface area contributed by atoms with Gasteiger partial charge in [0, 0.05) is 37.4 Å². The fourth-order valence-corrected chi connectivity index (χ4v) is 4.07. The Bertz CT molecular complexity index is 1040. The van der Waals surface area contributed by atoms with Crippen LogP contribution in [0, 0.1) is 0 Å². The standard InChI is InChI=1S/C22H28F3N7O2/c1-5-32-18(13-6-7-15(26-10-13)22(23,24)25)30-16-17(27-12-28-19(16)32)29-14-8-9-31(11-14)20(33)34-21(2,3)4/h6-7,10,12,14,18,30H,5,8-9,11H2,1-4H3,(H,27,28,29). The Balaban J connectivity index is 1.49. The number of halogens is 3. The Morgan fingerprint density at radius 2 is 2.00 bits per heavy atom. The van der Waals surface area contributed by atoms with Crippen molar-refractivity contribution in [2.45, 2.75) is 58.1 Å². The van der Waals surface area contributed by atoms with Crippen LogP contribution in [0.25, 0.3) is 0 Å². The molecule has 12 heteroatoms. The van der Waals surface area contributed by atoms with E-state index in [0.29, 0.717) is 42.5 Å². The molecule has 2 N–H and O–H groups in total. The number of anilines is 3. The number of nitrogens with zero attached hydrogens (tertiary/aromatic N) is 5. The quantitative estimate of drug-likeness (QED) is 0.672. The molecule has 0 aliphatic carbocycles. The van der Waals surface area contributed by atoms with Crippen molar-refractivity contribution in [3.05, 3.63) is 35.9 Å². The van der Waals surface area contributed by atoms with Crippen molar-refractivity contribution in [3.8, 4) is 0 Å². The lowest BCUT2D eigenvalue weighted by Gasteiger charge is -2.24. The van der Waals surface area contributed by atoms with E-state index >= 15 is 0 Å². The summed E-state index contributed by atoms with van der Waals surface area (Å²) in [5.74, 6) is 1.22. The molecule has 9 nitrogen and oxygen atoms in total. The van der Waals surface area contributed by atoms with Crippen LogP contribution < -0.4 is 15.5 Å². The van der Waals surface area contributed by atoms with E-state index in [2.05, 4.69) is 25.6 Å². The van der Waals surface area contributed by atoms with E-state index in [9.17, 15) is 18.0 Å². The minimum atomic E-state index is -4.49. The third kappa shape index (κ3) is 4.95. The number of likely N-dealkylation sites (tertiary alicyclic amines) is 1. The molecule has 0 aromatic carbocycles. The summed E-state index contributed by atoms with van der Waals surface area (Å²) in [5, 5.41) is 6.71. The second-order valence-corrected chi connectivity index (χ2v) is 9.28. The Kier molecular flexibility index (Phi) is 6.17. The third-order valence-corrected chi connectivity index (χ3v) is 5.61. The summed E-state index contributed by atoms with van der Waals surface area (Å²) in [7, 11) is 0. The maximum atomic E-state index is 12.9. The van der Waals surface area contributed by atoms with Crippen LogP contribution in [-0.2, 0) is 10.9 Å². The van der Waals surface area contributed by atoms with Crippen molar-refractivity contribution >= 4 is 23.4 Å². The Morgan fingerprint density at radius 1 is 1.24 bits per heavy atom. The molecule has 1 fully saturated rings. The minimum absolute atomic E-state index is 0.0322. The highest BCUT2D eigenvalue weighted by Gasteiger charge is 2.36. The van der Waals surface area contributed by atoms with Gasteiger partial charge in [0.1, 0.15) is 29.5 Å². The van der Waals surface area contributed by atoms with Gasteiger partial charge in [-0.2, -0.15) is 13.2 Å². The van der Waals surface area contributed by atoms with Crippen LogP contribution in [0.5, 0.6) is 0 Å². The molecule has 1 saturated heterocycles. The number of carbonyl (C=O) groups is 1. The lowest BCUT2D eigenvalue weighted by molar-refractivity contribution is -0.141. The van der Waals surface area contributed by atoms with Gasteiger partial charge in [0.25, 0.3) is 0 Å². The van der Waals surface area contributed by atoms with Crippen molar-refractivity contribution in [2.24, 2.45) is 0 Å². The van der Waals surface area contributed by atoms with Gasteiger partial charge in [-0.3, -0.25) is 4.98 Å². The zero-order valence-corrected chi connectivity index (χ0v) is 19.5. The van der Waals surface area contributed by atoms with Crippen molar-refractivity contribution < 1.29 is 22.7 Å². The summed E-state index contributed by atoms with van der Waals surface area (Å²) in [4.78, 5) is 28.3. The molecule has 4 heterocycles. The minimum Gasteiger partial charge on any atom is -0.444 e. The Hall–Kier alpha value is -3.31. The molecule has 2 atom stereocenters. The number of hydrogen-bond donors (Lipinski definition) is 2. The molecule has 4 rings (SSSR count). The van der Waals surface area contributed by atoms with Gasteiger partial charge in [0.15, 0.2) is 11.6 Å². The largest absolute Gasteiger partial charge is 0.444 e. The van der Waals surface area contributed by atoms with Crippen molar-refractivity contribution in [1.29, 1.82) is 0 Å². The van der Waals surface area contributed by atoms with Gasteiger partial charge in [0.2, 0.25) is 0 Å². The summed E-state index contributed by atoms with van der Waals surface area (Å²) >= 11 is 0. The van der Waals surface area contributed by atoms with E-state index < -0.39 is 23.6 Å². The monoisotopic (exact) mass is 479 g/mol. The lowest BCUT2D eigenvalue weighted by Crippen LogP contribution is -2.36. The van der Waals surface area contributed by atoms with Crippen molar-refractivity contribution in [2.75, 3.05) is 35.2 Å². The molecule has 2 aromatic heterocycles. The fourth-order valence-electron chi connectivity index (χ4n) is 4.07. The second kappa shape index (κ2) is 8.80. The molecule has 0 spiro atoms. The number of aromatic nitrogens is 3. The van der Waals surface area contributed by atoms with Gasteiger partial charge in [-0.1, -0.05) is 6.07 Å². The SMILES string of the molecule is CCN1c2ncnc(NC3CCN(C(=O)OC(C)(C)C)C3)c2NC1c1ccc(C(F)(F)F)nc1. The first-order valence-corrected chi connectivity index (χ1v) is 11.1. The van der Waals surface area contributed by atoms with Gasteiger partial charge in [-0.25, -0.2) is 14.8 Å². The van der Waals surface area contributed by atoms with E-state index in [1.165, 1.54) is 18.6 Å². The van der Waals surface area contributed by atoms with Crippen LogP contribution in [0.15, 0.2) is 24.7 Å². The molecule has 2 aliphatic heterocycles. The van der Waals surface area contributed by atoms with Crippen LogP contribution in [0.2, 0.25) is 0 Å². The average molecular weight is 480 g/mol.